The van der Waals surface area contributed by atoms with Crippen LogP contribution in [-0.2, 0) is 17.9 Å². The standard InChI is InChI=1S/C25H20FNO2S2/c1-17-6-8-19(9-7-17)15-27-24(28)23(31-25(27)30)14-18-10-12-21(13-11-18)29-16-20-4-2-3-5-22(20)26/h2-14H,15-16H2,1H3/b23-14-. The first-order valence-corrected chi connectivity index (χ1v) is 11.0. The third-order valence-electron chi connectivity index (χ3n) is 4.86. The van der Waals surface area contributed by atoms with Crippen LogP contribution in [0.25, 0.3) is 6.08 Å². The molecule has 3 nitrogen and oxygen atoms in total. The van der Waals surface area contributed by atoms with Gasteiger partial charge in [-0.2, -0.15) is 0 Å². The molecule has 1 amide bonds. The number of thiocarbonyl (C=S) groups is 1. The van der Waals surface area contributed by atoms with Crippen molar-refractivity contribution >= 4 is 40.3 Å². The van der Waals surface area contributed by atoms with Crippen molar-refractivity contribution < 1.29 is 13.9 Å². The molecule has 1 aliphatic heterocycles. The van der Waals surface area contributed by atoms with Crippen molar-refractivity contribution in [2.45, 2.75) is 20.1 Å². The summed E-state index contributed by atoms with van der Waals surface area (Å²) in [6.07, 6.45) is 1.83. The van der Waals surface area contributed by atoms with E-state index in [4.69, 9.17) is 17.0 Å². The molecule has 1 aliphatic rings. The highest BCUT2D eigenvalue weighted by Gasteiger charge is 2.31. The first-order chi connectivity index (χ1) is 15.0. The summed E-state index contributed by atoms with van der Waals surface area (Å²) in [5, 5.41) is 0. The maximum absolute atomic E-state index is 13.7. The van der Waals surface area contributed by atoms with Crippen LogP contribution in [0.2, 0.25) is 0 Å². The molecule has 3 aromatic carbocycles. The second-order valence-electron chi connectivity index (χ2n) is 7.20. The second kappa shape index (κ2) is 9.45. The Balaban J connectivity index is 1.41. The fourth-order valence-electron chi connectivity index (χ4n) is 3.10. The molecule has 0 saturated carbocycles. The summed E-state index contributed by atoms with van der Waals surface area (Å²) in [5.74, 6) is 0.259. The highest BCUT2D eigenvalue weighted by atomic mass is 32.2. The molecule has 1 heterocycles. The van der Waals surface area contributed by atoms with Crippen LogP contribution in [0, 0.1) is 12.7 Å². The van der Waals surface area contributed by atoms with Gasteiger partial charge in [-0.3, -0.25) is 9.69 Å². The summed E-state index contributed by atoms with van der Waals surface area (Å²) in [4.78, 5) is 15.1. The van der Waals surface area contributed by atoms with Gasteiger partial charge in [0.05, 0.1) is 11.4 Å². The predicted molar refractivity (Wildman–Crippen MR) is 127 cm³/mol. The largest absolute Gasteiger partial charge is 0.489 e. The van der Waals surface area contributed by atoms with E-state index in [1.165, 1.54) is 23.4 Å². The third-order valence-corrected chi connectivity index (χ3v) is 6.24. The Labute approximate surface area is 190 Å². The molecular formula is C25H20FNO2S2. The van der Waals surface area contributed by atoms with Crippen molar-refractivity contribution in [2.75, 3.05) is 0 Å². The number of rotatable bonds is 6. The van der Waals surface area contributed by atoms with E-state index in [1.807, 2.05) is 49.4 Å². The molecule has 156 valence electrons. The Morgan fingerprint density at radius 2 is 1.74 bits per heavy atom. The summed E-state index contributed by atoms with van der Waals surface area (Å²) in [5.41, 5.74) is 3.59. The number of ether oxygens (including phenoxy) is 1. The molecule has 31 heavy (non-hydrogen) atoms. The van der Waals surface area contributed by atoms with Crippen LogP contribution in [0.15, 0.2) is 77.7 Å². The molecule has 1 saturated heterocycles. The lowest BCUT2D eigenvalue weighted by atomic mass is 10.1. The van der Waals surface area contributed by atoms with E-state index < -0.39 is 0 Å². The van der Waals surface area contributed by atoms with E-state index in [0.29, 0.717) is 27.1 Å². The van der Waals surface area contributed by atoms with Crippen molar-refractivity contribution in [1.82, 2.24) is 4.90 Å². The highest BCUT2D eigenvalue weighted by Crippen LogP contribution is 2.33. The van der Waals surface area contributed by atoms with Gasteiger partial charge >= 0.3 is 0 Å². The van der Waals surface area contributed by atoms with E-state index in [9.17, 15) is 9.18 Å². The Kier molecular flexibility index (Phi) is 6.49. The van der Waals surface area contributed by atoms with Crippen molar-refractivity contribution in [1.29, 1.82) is 0 Å². The van der Waals surface area contributed by atoms with Gasteiger partial charge in [0.1, 0.15) is 22.5 Å². The molecule has 3 aromatic rings. The van der Waals surface area contributed by atoms with Gasteiger partial charge in [-0.1, -0.05) is 84.1 Å². The van der Waals surface area contributed by atoms with Crippen LogP contribution in [0.4, 0.5) is 4.39 Å². The quantitative estimate of drug-likeness (QED) is 0.335. The summed E-state index contributed by atoms with van der Waals surface area (Å²) in [7, 11) is 0. The zero-order chi connectivity index (χ0) is 21.8. The molecule has 1 fully saturated rings. The Hall–Kier alpha value is -2.96. The number of hydrogen-bond donors (Lipinski definition) is 0. The SMILES string of the molecule is Cc1ccc(CN2C(=O)/C(=C/c3ccc(OCc4ccccc4F)cc3)SC2=S)cc1. The van der Waals surface area contributed by atoms with Gasteiger partial charge in [-0.05, 0) is 42.3 Å². The molecule has 0 spiro atoms. The maximum atomic E-state index is 13.7. The van der Waals surface area contributed by atoms with E-state index in [0.717, 1.165) is 11.1 Å². The Bertz CT molecular complexity index is 1140. The van der Waals surface area contributed by atoms with E-state index in [2.05, 4.69) is 0 Å². The average molecular weight is 450 g/mol. The van der Waals surface area contributed by atoms with Gasteiger partial charge in [0.2, 0.25) is 0 Å². The number of hydrogen-bond acceptors (Lipinski definition) is 4. The molecule has 0 radical (unpaired) electrons. The minimum absolute atomic E-state index is 0.0875. The molecule has 0 unspecified atom stereocenters. The first-order valence-electron chi connectivity index (χ1n) is 9.77. The van der Waals surface area contributed by atoms with E-state index >= 15 is 0 Å². The number of halogens is 1. The summed E-state index contributed by atoms with van der Waals surface area (Å²) in [6, 6.07) is 22.0. The van der Waals surface area contributed by atoms with E-state index in [1.54, 1.807) is 35.2 Å². The van der Waals surface area contributed by atoms with Crippen LogP contribution in [-0.4, -0.2) is 15.1 Å². The van der Waals surface area contributed by atoms with Gasteiger partial charge < -0.3 is 4.74 Å². The summed E-state index contributed by atoms with van der Waals surface area (Å²) < 4.78 is 19.9. The van der Waals surface area contributed by atoms with Crippen molar-refractivity contribution in [3.8, 4) is 5.75 Å². The Morgan fingerprint density at radius 1 is 1.03 bits per heavy atom. The second-order valence-corrected chi connectivity index (χ2v) is 8.88. The first kappa shape index (κ1) is 21.3. The molecule has 6 heteroatoms. The normalized spacial score (nSPS) is 15.0. The van der Waals surface area contributed by atoms with Crippen LogP contribution in [0.3, 0.4) is 0 Å². The maximum Gasteiger partial charge on any atom is 0.266 e. The van der Waals surface area contributed by atoms with Crippen LogP contribution in [0.1, 0.15) is 22.3 Å². The molecule has 0 aromatic heterocycles. The lowest BCUT2D eigenvalue weighted by Crippen LogP contribution is -2.27. The number of thioether (sulfide) groups is 1. The zero-order valence-electron chi connectivity index (χ0n) is 16.9. The van der Waals surface area contributed by atoms with Crippen LogP contribution in [0.5, 0.6) is 5.75 Å². The van der Waals surface area contributed by atoms with E-state index in [-0.39, 0.29) is 18.3 Å². The molecule has 0 bridgehead atoms. The predicted octanol–water partition coefficient (Wildman–Crippen LogP) is 6.11. The Morgan fingerprint density at radius 3 is 2.45 bits per heavy atom. The van der Waals surface area contributed by atoms with Crippen molar-refractivity contribution in [3.05, 3.63) is 106 Å². The van der Waals surface area contributed by atoms with Gasteiger partial charge in [0.25, 0.3) is 5.91 Å². The average Bonchev–Trinajstić information content (AvgIpc) is 3.03. The molecular weight excluding hydrogens is 429 g/mol. The monoisotopic (exact) mass is 449 g/mol. The minimum atomic E-state index is -0.285. The number of carbonyl (C=O) groups excluding carboxylic acids is 1. The smallest absolute Gasteiger partial charge is 0.266 e. The van der Waals surface area contributed by atoms with Gasteiger partial charge in [-0.15, -0.1) is 0 Å². The lowest BCUT2D eigenvalue weighted by molar-refractivity contribution is -0.122. The fourth-order valence-corrected chi connectivity index (χ4v) is 4.36. The van der Waals surface area contributed by atoms with Crippen molar-refractivity contribution in [2.24, 2.45) is 0 Å². The minimum Gasteiger partial charge on any atom is -0.489 e. The number of amides is 1. The third kappa shape index (κ3) is 5.21. The number of benzene rings is 3. The number of nitrogens with zero attached hydrogens (tertiary/aromatic N) is 1. The molecule has 0 N–H and O–H groups in total. The van der Waals surface area contributed by atoms with Gasteiger partial charge in [0, 0.05) is 5.56 Å². The van der Waals surface area contributed by atoms with Crippen molar-refractivity contribution in [3.63, 3.8) is 0 Å². The molecule has 0 aliphatic carbocycles. The zero-order valence-corrected chi connectivity index (χ0v) is 18.5. The molecule has 0 atom stereocenters. The van der Waals surface area contributed by atoms with Crippen LogP contribution < -0.4 is 4.74 Å². The summed E-state index contributed by atoms with van der Waals surface area (Å²) >= 11 is 6.73. The summed E-state index contributed by atoms with van der Waals surface area (Å²) in [6.45, 7) is 2.65. The fraction of sp³-hybridized carbons (Fsp3) is 0.120. The number of carbonyl (C=O) groups is 1. The van der Waals surface area contributed by atoms with Gasteiger partial charge in [-0.25, -0.2) is 4.39 Å². The lowest BCUT2D eigenvalue weighted by Gasteiger charge is -2.14. The number of aryl methyl sites for hydroxylation is 1. The van der Waals surface area contributed by atoms with Gasteiger partial charge in [0.15, 0.2) is 0 Å². The molecule has 4 rings (SSSR count). The topological polar surface area (TPSA) is 29.5 Å². The van der Waals surface area contributed by atoms with Crippen LogP contribution >= 0.6 is 24.0 Å². The highest BCUT2D eigenvalue weighted by molar-refractivity contribution is 8.26.